The predicted octanol–water partition coefficient (Wildman–Crippen LogP) is 3.86. The predicted molar refractivity (Wildman–Crippen MR) is 77.3 cm³/mol. The average molecular weight is 278 g/mol. The maximum Gasteiger partial charge on any atom is 0.150 e. The highest BCUT2D eigenvalue weighted by molar-refractivity contribution is 6.32. The van der Waals surface area contributed by atoms with Gasteiger partial charge in [-0.2, -0.15) is 0 Å². The van der Waals surface area contributed by atoms with E-state index in [0.29, 0.717) is 23.1 Å². The lowest BCUT2D eigenvalue weighted by Gasteiger charge is -2.13. The van der Waals surface area contributed by atoms with Gasteiger partial charge in [-0.05, 0) is 25.2 Å². The van der Waals surface area contributed by atoms with Crippen LogP contribution in [0.25, 0.3) is 0 Å². The van der Waals surface area contributed by atoms with E-state index in [1.807, 2.05) is 49.5 Å². The van der Waals surface area contributed by atoms with Crippen LogP contribution in [0, 0.1) is 0 Å². The summed E-state index contributed by atoms with van der Waals surface area (Å²) in [7, 11) is 3.51. The molecule has 0 radical (unpaired) electrons. The van der Waals surface area contributed by atoms with Crippen LogP contribution in [0.4, 0.5) is 0 Å². The summed E-state index contributed by atoms with van der Waals surface area (Å²) in [5.41, 5.74) is 1.01. The zero-order valence-corrected chi connectivity index (χ0v) is 11.7. The van der Waals surface area contributed by atoms with Gasteiger partial charge in [0.2, 0.25) is 0 Å². The summed E-state index contributed by atoms with van der Waals surface area (Å²) in [5, 5.41) is 3.69. The number of para-hydroxylation sites is 1. The summed E-state index contributed by atoms with van der Waals surface area (Å²) in [6.45, 7) is 0.694. The van der Waals surface area contributed by atoms with Crippen LogP contribution in [0.1, 0.15) is 5.56 Å². The second-order valence-electron chi connectivity index (χ2n) is 4.04. The van der Waals surface area contributed by atoms with Gasteiger partial charge in [-0.1, -0.05) is 29.8 Å². The van der Waals surface area contributed by atoms with E-state index in [1.54, 1.807) is 7.11 Å². The van der Waals surface area contributed by atoms with E-state index in [4.69, 9.17) is 21.1 Å². The van der Waals surface area contributed by atoms with Crippen molar-refractivity contribution in [1.82, 2.24) is 5.32 Å². The van der Waals surface area contributed by atoms with Crippen molar-refractivity contribution in [2.45, 2.75) is 6.54 Å². The highest BCUT2D eigenvalue weighted by atomic mass is 35.5. The molecule has 2 rings (SSSR count). The van der Waals surface area contributed by atoms with Gasteiger partial charge < -0.3 is 14.8 Å². The third-order valence-electron chi connectivity index (χ3n) is 2.68. The third kappa shape index (κ3) is 3.40. The van der Waals surface area contributed by atoms with E-state index in [2.05, 4.69) is 5.32 Å². The molecule has 3 nitrogen and oxygen atoms in total. The molecule has 0 amide bonds. The van der Waals surface area contributed by atoms with E-state index in [9.17, 15) is 0 Å². The van der Waals surface area contributed by atoms with Crippen LogP contribution in [0.15, 0.2) is 42.5 Å². The number of hydrogen-bond donors (Lipinski definition) is 1. The van der Waals surface area contributed by atoms with Gasteiger partial charge in [0.25, 0.3) is 0 Å². The molecule has 0 atom stereocenters. The summed E-state index contributed by atoms with van der Waals surface area (Å²) in [4.78, 5) is 0. The molecular formula is C15H16ClNO2. The fourth-order valence-electron chi connectivity index (χ4n) is 1.78. The van der Waals surface area contributed by atoms with E-state index < -0.39 is 0 Å². The minimum absolute atomic E-state index is 0.593. The second kappa shape index (κ2) is 6.45. The first-order chi connectivity index (χ1) is 9.24. The minimum Gasteiger partial charge on any atom is -0.497 e. The number of rotatable bonds is 5. The van der Waals surface area contributed by atoms with Crippen LogP contribution < -0.4 is 14.8 Å². The third-order valence-corrected chi connectivity index (χ3v) is 2.97. The molecule has 0 aliphatic heterocycles. The Kier molecular flexibility index (Phi) is 4.66. The van der Waals surface area contributed by atoms with Gasteiger partial charge in [-0.15, -0.1) is 0 Å². The number of hydrogen-bond acceptors (Lipinski definition) is 3. The molecule has 0 saturated heterocycles. The Hall–Kier alpha value is -1.71. The molecular weight excluding hydrogens is 262 g/mol. The van der Waals surface area contributed by atoms with E-state index in [0.717, 1.165) is 11.3 Å². The van der Waals surface area contributed by atoms with Gasteiger partial charge >= 0.3 is 0 Å². The summed E-state index contributed by atoms with van der Waals surface area (Å²) < 4.78 is 11.1. The van der Waals surface area contributed by atoms with Crippen molar-refractivity contribution in [3.63, 3.8) is 0 Å². The molecule has 100 valence electrons. The molecule has 2 aromatic rings. The quantitative estimate of drug-likeness (QED) is 0.900. The largest absolute Gasteiger partial charge is 0.497 e. The lowest BCUT2D eigenvalue weighted by atomic mass is 10.2. The van der Waals surface area contributed by atoms with Crippen molar-refractivity contribution in [2.24, 2.45) is 0 Å². The van der Waals surface area contributed by atoms with Crippen molar-refractivity contribution >= 4 is 11.6 Å². The Morgan fingerprint density at radius 2 is 1.84 bits per heavy atom. The van der Waals surface area contributed by atoms with Crippen molar-refractivity contribution in [3.8, 4) is 17.2 Å². The van der Waals surface area contributed by atoms with E-state index in [-0.39, 0.29) is 0 Å². The first kappa shape index (κ1) is 13.7. The Bertz CT molecular complexity index is 558. The smallest absolute Gasteiger partial charge is 0.150 e. The van der Waals surface area contributed by atoms with Crippen molar-refractivity contribution in [3.05, 3.63) is 53.1 Å². The maximum absolute atomic E-state index is 6.20. The van der Waals surface area contributed by atoms with Gasteiger partial charge in [-0.3, -0.25) is 0 Å². The Labute approximate surface area is 118 Å². The lowest BCUT2D eigenvalue weighted by Crippen LogP contribution is -2.06. The Balaban J connectivity index is 2.31. The first-order valence-corrected chi connectivity index (χ1v) is 6.36. The second-order valence-corrected chi connectivity index (χ2v) is 4.45. The topological polar surface area (TPSA) is 30.5 Å². The van der Waals surface area contributed by atoms with Gasteiger partial charge in [0.1, 0.15) is 17.2 Å². The summed E-state index contributed by atoms with van der Waals surface area (Å²) >= 11 is 6.20. The standard InChI is InChI=1S/C15H16ClNO2/c1-17-10-11-5-3-8-14(16)15(11)19-13-7-4-6-12(9-13)18-2/h3-9,17H,10H2,1-2H3. The Morgan fingerprint density at radius 1 is 1.11 bits per heavy atom. The van der Waals surface area contributed by atoms with Crippen LogP contribution in [0.5, 0.6) is 17.2 Å². The van der Waals surface area contributed by atoms with E-state index in [1.165, 1.54) is 0 Å². The number of halogens is 1. The normalized spacial score (nSPS) is 10.3. The first-order valence-electron chi connectivity index (χ1n) is 5.98. The van der Waals surface area contributed by atoms with Crippen LogP contribution in [-0.2, 0) is 6.54 Å². The van der Waals surface area contributed by atoms with E-state index >= 15 is 0 Å². The van der Waals surface area contributed by atoms with Crippen LogP contribution in [0.3, 0.4) is 0 Å². The SMILES string of the molecule is CNCc1cccc(Cl)c1Oc1cccc(OC)c1. The van der Waals surface area contributed by atoms with Crippen LogP contribution in [0.2, 0.25) is 5.02 Å². The molecule has 0 aliphatic rings. The average Bonchev–Trinajstić information content (AvgIpc) is 2.43. The molecule has 2 aromatic carbocycles. The molecule has 1 N–H and O–H groups in total. The van der Waals surface area contributed by atoms with Gasteiger partial charge in [0.05, 0.1) is 12.1 Å². The molecule has 0 heterocycles. The van der Waals surface area contributed by atoms with Crippen LogP contribution >= 0.6 is 11.6 Å². The Morgan fingerprint density at radius 3 is 2.58 bits per heavy atom. The molecule has 0 aliphatic carbocycles. The fourth-order valence-corrected chi connectivity index (χ4v) is 2.01. The molecule has 0 saturated carbocycles. The number of methoxy groups -OCH3 is 1. The monoisotopic (exact) mass is 277 g/mol. The van der Waals surface area contributed by atoms with Gasteiger partial charge in [-0.25, -0.2) is 0 Å². The van der Waals surface area contributed by atoms with Crippen LogP contribution in [-0.4, -0.2) is 14.2 Å². The number of ether oxygens (including phenoxy) is 2. The van der Waals surface area contributed by atoms with Crippen molar-refractivity contribution < 1.29 is 9.47 Å². The fraction of sp³-hybridized carbons (Fsp3) is 0.200. The minimum atomic E-state index is 0.593. The van der Waals surface area contributed by atoms with Gasteiger partial charge in [0, 0.05) is 18.2 Å². The highest BCUT2D eigenvalue weighted by Gasteiger charge is 2.09. The molecule has 0 unspecified atom stereocenters. The maximum atomic E-state index is 6.20. The molecule has 0 fully saturated rings. The number of benzene rings is 2. The number of nitrogens with one attached hydrogen (secondary N) is 1. The lowest BCUT2D eigenvalue weighted by molar-refractivity contribution is 0.408. The molecule has 0 bridgehead atoms. The zero-order valence-electron chi connectivity index (χ0n) is 10.9. The van der Waals surface area contributed by atoms with Gasteiger partial charge in [0.15, 0.2) is 0 Å². The van der Waals surface area contributed by atoms with Crippen molar-refractivity contribution in [1.29, 1.82) is 0 Å². The summed E-state index contributed by atoms with van der Waals surface area (Å²) in [5.74, 6) is 2.12. The molecule has 4 heteroatoms. The molecule has 19 heavy (non-hydrogen) atoms. The zero-order chi connectivity index (χ0) is 13.7. The molecule has 0 aromatic heterocycles. The summed E-state index contributed by atoms with van der Waals surface area (Å²) in [6.07, 6.45) is 0. The highest BCUT2D eigenvalue weighted by Crippen LogP contribution is 2.34. The molecule has 0 spiro atoms. The summed E-state index contributed by atoms with van der Waals surface area (Å²) in [6, 6.07) is 13.2. The van der Waals surface area contributed by atoms with Crippen molar-refractivity contribution in [2.75, 3.05) is 14.2 Å².